The molecule has 2 aromatic carbocycles. The number of benzene rings is 2. The van der Waals surface area contributed by atoms with E-state index in [1.54, 1.807) is 24.3 Å². The van der Waals surface area contributed by atoms with Crippen molar-refractivity contribution in [2.24, 2.45) is 0 Å². The van der Waals surface area contributed by atoms with Crippen molar-refractivity contribution in [3.05, 3.63) is 35.9 Å². The van der Waals surface area contributed by atoms with Gasteiger partial charge in [0.2, 0.25) is 5.91 Å². The summed E-state index contributed by atoms with van der Waals surface area (Å²) in [5.41, 5.74) is 1.15. The highest BCUT2D eigenvalue weighted by Gasteiger charge is 2.18. The molecule has 0 fully saturated rings. The van der Waals surface area contributed by atoms with Crippen molar-refractivity contribution >= 4 is 23.3 Å². The Hall–Kier alpha value is -3.62. The molecule has 0 saturated carbocycles. The summed E-state index contributed by atoms with van der Waals surface area (Å²) in [4.78, 5) is 24.6. The minimum absolute atomic E-state index is 0.101. The van der Waals surface area contributed by atoms with Gasteiger partial charge in [0.25, 0.3) is 0 Å². The molecule has 0 radical (unpaired) electrons. The minimum Gasteiger partial charge on any atom is -0.493 e. The highest BCUT2D eigenvalue weighted by atomic mass is 16.5. The van der Waals surface area contributed by atoms with Gasteiger partial charge in [-0.05, 0) is 26.0 Å². The number of ether oxygens (including phenoxy) is 5. The SMILES string of the molecule is CCOc1ccc(NC(=O)CNc2cc(OC)c(OC)cc2C(=O)OC)cc1OCC. The summed E-state index contributed by atoms with van der Waals surface area (Å²) >= 11 is 0. The van der Waals surface area contributed by atoms with Crippen LogP contribution in [0.4, 0.5) is 11.4 Å². The summed E-state index contributed by atoms with van der Waals surface area (Å²) < 4.78 is 26.4. The third-order valence-electron chi connectivity index (χ3n) is 4.20. The van der Waals surface area contributed by atoms with Gasteiger partial charge < -0.3 is 34.3 Å². The first kappa shape index (κ1) is 23.7. The van der Waals surface area contributed by atoms with Crippen LogP contribution in [0, 0.1) is 0 Å². The van der Waals surface area contributed by atoms with Gasteiger partial charge in [-0.1, -0.05) is 0 Å². The average Bonchev–Trinajstić information content (AvgIpc) is 2.78. The van der Waals surface area contributed by atoms with Crippen LogP contribution in [0.25, 0.3) is 0 Å². The number of hydrogen-bond acceptors (Lipinski definition) is 8. The predicted molar refractivity (Wildman–Crippen MR) is 117 cm³/mol. The Kier molecular flexibility index (Phi) is 8.80. The van der Waals surface area contributed by atoms with E-state index >= 15 is 0 Å². The van der Waals surface area contributed by atoms with Gasteiger partial charge in [0.1, 0.15) is 0 Å². The summed E-state index contributed by atoms with van der Waals surface area (Å²) in [5.74, 6) is 1.03. The third kappa shape index (κ3) is 6.18. The molecular weight excluding hydrogens is 404 g/mol. The highest BCUT2D eigenvalue weighted by Crippen LogP contribution is 2.34. The Bertz CT molecular complexity index is 915. The van der Waals surface area contributed by atoms with Crippen molar-refractivity contribution in [3.8, 4) is 23.0 Å². The molecule has 0 spiro atoms. The number of anilines is 2. The zero-order valence-electron chi connectivity index (χ0n) is 18.4. The average molecular weight is 432 g/mol. The molecule has 2 N–H and O–H groups in total. The van der Waals surface area contributed by atoms with Crippen molar-refractivity contribution in [2.75, 3.05) is 51.7 Å². The van der Waals surface area contributed by atoms with Crippen LogP contribution >= 0.6 is 0 Å². The van der Waals surface area contributed by atoms with E-state index in [2.05, 4.69) is 10.6 Å². The van der Waals surface area contributed by atoms with Crippen LogP contribution in [0.15, 0.2) is 30.3 Å². The summed E-state index contributed by atoms with van der Waals surface area (Å²) in [7, 11) is 4.22. The zero-order valence-corrected chi connectivity index (χ0v) is 18.4. The number of carbonyl (C=O) groups excluding carboxylic acids is 2. The van der Waals surface area contributed by atoms with Crippen LogP contribution in [0.5, 0.6) is 23.0 Å². The number of nitrogens with one attached hydrogen (secondary N) is 2. The second kappa shape index (κ2) is 11.5. The van der Waals surface area contributed by atoms with E-state index in [4.69, 9.17) is 23.7 Å². The maximum atomic E-state index is 12.5. The molecule has 0 aliphatic rings. The molecule has 0 bridgehead atoms. The van der Waals surface area contributed by atoms with Gasteiger partial charge in [-0.25, -0.2) is 4.79 Å². The van der Waals surface area contributed by atoms with Gasteiger partial charge in [0, 0.05) is 23.9 Å². The molecule has 9 nitrogen and oxygen atoms in total. The van der Waals surface area contributed by atoms with Gasteiger partial charge in [0.05, 0.1) is 52.3 Å². The Labute approximate surface area is 181 Å². The number of rotatable bonds is 11. The normalized spacial score (nSPS) is 10.1. The molecule has 2 aromatic rings. The van der Waals surface area contributed by atoms with Crippen molar-refractivity contribution < 1.29 is 33.3 Å². The van der Waals surface area contributed by atoms with Gasteiger partial charge in [-0.15, -0.1) is 0 Å². The van der Waals surface area contributed by atoms with Gasteiger partial charge in [-0.2, -0.15) is 0 Å². The van der Waals surface area contributed by atoms with Crippen molar-refractivity contribution in [1.29, 1.82) is 0 Å². The molecule has 168 valence electrons. The molecule has 9 heteroatoms. The fourth-order valence-electron chi connectivity index (χ4n) is 2.81. The molecule has 0 aliphatic carbocycles. The lowest BCUT2D eigenvalue weighted by molar-refractivity contribution is -0.114. The molecule has 2 rings (SSSR count). The number of amides is 1. The maximum absolute atomic E-state index is 12.5. The van der Waals surface area contributed by atoms with Gasteiger partial charge in [-0.3, -0.25) is 4.79 Å². The molecule has 0 aliphatic heterocycles. The van der Waals surface area contributed by atoms with Gasteiger partial charge >= 0.3 is 5.97 Å². The lowest BCUT2D eigenvalue weighted by Crippen LogP contribution is -2.23. The number of hydrogen-bond donors (Lipinski definition) is 2. The molecule has 0 heterocycles. The first-order valence-electron chi connectivity index (χ1n) is 9.75. The van der Waals surface area contributed by atoms with Crippen LogP contribution in [-0.4, -0.2) is 53.0 Å². The van der Waals surface area contributed by atoms with Crippen LogP contribution in [-0.2, 0) is 9.53 Å². The standard InChI is InChI=1S/C22H28N2O7/c1-6-30-17-9-8-14(10-20(17)31-7-2)24-21(25)13-23-16-12-19(28-4)18(27-3)11-15(16)22(26)29-5/h8-12,23H,6-7,13H2,1-5H3,(H,24,25). The zero-order chi connectivity index (χ0) is 22.8. The first-order valence-corrected chi connectivity index (χ1v) is 9.75. The quantitative estimate of drug-likeness (QED) is 0.521. The molecule has 1 amide bonds. The lowest BCUT2D eigenvalue weighted by atomic mass is 10.1. The number of methoxy groups -OCH3 is 3. The van der Waals surface area contributed by atoms with E-state index in [9.17, 15) is 9.59 Å². The van der Waals surface area contributed by atoms with E-state index in [1.807, 2.05) is 13.8 Å². The second-order valence-electron chi connectivity index (χ2n) is 6.17. The predicted octanol–water partition coefficient (Wildman–Crippen LogP) is 3.34. The van der Waals surface area contributed by atoms with Crippen molar-refractivity contribution in [1.82, 2.24) is 0 Å². The van der Waals surface area contributed by atoms with E-state index in [0.29, 0.717) is 47.6 Å². The minimum atomic E-state index is -0.572. The number of esters is 1. The van der Waals surface area contributed by atoms with E-state index in [0.717, 1.165) is 0 Å². The first-order chi connectivity index (χ1) is 15.0. The fourth-order valence-corrected chi connectivity index (χ4v) is 2.81. The monoisotopic (exact) mass is 432 g/mol. The molecule has 0 unspecified atom stereocenters. The lowest BCUT2D eigenvalue weighted by Gasteiger charge is -2.16. The van der Waals surface area contributed by atoms with Crippen LogP contribution in [0.2, 0.25) is 0 Å². The Morgan fingerprint density at radius 1 is 0.839 bits per heavy atom. The Morgan fingerprint density at radius 3 is 2.10 bits per heavy atom. The van der Waals surface area contributed by atoms with Crippen LogP contribution in [0.1, 0.15) is 24.2 Å². The summed E-state index contributed by atoms with van der Waals surface area (Å²) in [6, 6.07) is 8.22. The third-order valence-corrected chi connectivity index (χ3v) is 4.20. The maximum Gasteiger partial charge on any atom is 0.340 e. The highest BCUT2D eigenvalue weighted by molar-refractivity contribution is 5.99. The van der Waals surface area contributed by atoms with Crippen LogP contribution in [0.3, 0.4) is 0 Å². The summed E-state index contributed by atoms with van der Waals surface area (Å²) in [6.07, 6.45) is 0. The number of carbonyl (C=O) groups is 2. The topological polar surface area (TPSA) is 104 Å². The molecule has 0 aromatic heterocycles. The summed E-state index contributed by atoms with van der Waals surface area (Å²) in [6.45, 7) is 4.62. The second-order valence-corrected chi connectivity index (χ2v) is 6.17. The van der Waals surface area contributed by atoms with Crippen molar-refractivity contribution in [3.63, 3.8) is 0 Å². The Morgan fingerprint density at radius 2 is 1.48 bits per heavy atom. The van der Waals surface area contributed by atoms with E-state index < -0.39 is 5.97 Å². The van der Waals surface area contributed by atoms with Gasteiger partial charge in [0.15, 0.2) is 23.0 Å². The molecule has 31 heavy (non-hydrogen) atoms. The van der Waals surface area contributed by atoms with E-state index in [-0.39, 0.29) is 18.0 Å². The Balaban J connectivity index is 2.15. The largest absolute Gasteiger partial charge is 0.493 e. The molecular formula is C22H28N2O7. The smallest absolute Gasteiger partial charge is 0.340 e. The molecule has 0 saturated heterocycles. The van der Waals surface area contributed by atoms with E-state index in [1.165, 1.54) is 27.4 Å². The van der Waals surface area contributed by atoms with Crippen LogP contribution < -0.4 is 29.6 Å². The fraction of sp³-hybridized carbons (Fsp3) is 0.364. The summed E-state index contributed by atoms with van der Waals surface area (Å²) in [5, 5.41) is 5.73. The van der Waals surface area contributed by atoms with Crippen molar-refractivity contribution in [2.45, 2.75) is 13.8 Å². The molecule has 0 atom stereocenters.